The third kappa shape index (κ3) is 2.72. The maximum absolute atomic E-state index is 10.6. The maximum Gasteiger partial charge on any atom is 0.307 e. The number of aliphatic carboxylic acids is 1. The highest BCUT2D eigenvalue weighted by Gasteiger charge is 2.10. The highest BCUT2D eigenvalue weighted by atomic mass is 16.5. The van der Waals surface area contributed by atoms with Crippen LogP contribution in [0.15, 0.2) is 36.5 Å². The molecule has 0 amide bonds. The number of hydrogen-bond acceptors (Lipinski definition) is 3. The summed E-state index contributed by atoms with van der Waals surface area (Å²) in [5, 5.41) is 9.58. The molecule has 0 saturated carbocycles. The summed E-state index contributed by atoms with van der Waals surface area (Å²) in [6.45, 7) is 1.74. The van der Waals surface area contributed by atoms with E-state index in [1.165, 1.54) is 0 Å². The summed E-state index contributed by atoms with van der Waals surface area (Å²) in [5.41, 5.74) is 0.840. The molecular formula is C13H13NO3. The minimum Gasteiger partial charge on any atom is -0.489 e. The van der Waals surface area contributed by atoms with Gasteiger partial charge in [0.15, 0.2) is 0 Å². The topological polar surface area (TPSA) is 59.4 Å². The van der Waals surface area contributed by atoms with E-state index < -0.39 is 5.97 Å². The summed E-state index contributed by atoms with van der Waals surface area (Å²) in [6, 6.07) is 9.30. The van der Waals surface area contributed by atoms with Crippen LogP contribution in [0.2, 0.25) is 0 Å². The minimum absolute atomic E-state index is 0.0172. The molecule has 0 saturated heterocycles. The van der Waals surface area contributed by atoms with Crippen LogP contribution in [0.4, 0.5) is 0 Å². The van der Waals surface area contributed by atoms with Gasteiger partial charge in [0.25, 0.3) is 0 Å². The number of carboxylic acid groups (broad SMARTS) is 1. The van der Waals surface area contributed by atoms with Gasteiger partial charge in [0.1, 0.15) is 11.9 Å². The second kappa shape index (κ2) is 4.82. The summed E-state index contributed by atoms with van der Waals surface area (Å²) in [6.07, 6.45) is 1.34. The second-order valence-electron chi connectivity index (χ2n) is 3.85. The number of carbonyl (C=O) groups is 1. The van der Waals surface area contributed by atoms with Gasteiger partial charge < -0.3 is 9.84 Å². The molecule has 0 aliphatic rings. The van der Waals surface area contributed by atoms with E-state index in [0.717, 1.165) is 10.9 Å². The molecule has 1 aromatic carbocycles. The zero-order valence-corrected chi connectivity index (χ0v) is 9.46. The van der Waals surface area contributed by atoms with E-state index in [1.54, 1.807) is 13.1 Å². The molecule has 2 rings (SSSR count). The van der Waals surface area contributed by atoms with Crippen LogP contribution in [0.25, 0.3) is 10.9 Å². The first-order valence-electron chi connectivity index (χ1n) is 5.39. The number of benzene rings is 1. The molecule has 1 atom stereocenters. The molecule has 1 N–H and O–H groups in total. The Hall–Kier alpha value is -2.10. The van der Waals surface area contributed by atoms with Gasteiger partial charge in [-0.2, -0.15) is 0 Å². The molecule has 17 heavy (non-hydrogen) atoms. The predicted octanol–water partition coefficient (Wildman–Crippen LogP) is 2.48. The van der Waals surface area contributed by atoms with Crippen LogP contribution >= 0.6 is 0 Å². The van der Waals surface area contributed by atoms with Crippen molar-refractivity contribution in [2.24, 2.45) is 0 Å². The second-order valence-corrected chi connectivity index (χ2v) is 3.85. The van der Waals surface area contributed by atoms with Gasteiger partial charge in [-0.25, -0.2) is 0 Å². The molecule has 2 aromatic rings. The monoisotopic (exact) mass is 231 g/mol. The number of nitrogens with zero attached hydrogens (tertiary/aromatic N) is 1. The van der Waals surface area contributed by atoms with Gasteiger partial charge in [0.2, 0.25) is 0 Å². The average molecular weight is 231 g/mol. The van der Waals surface area contributed by atoms with Gasteiger partial charge in [-0.05, 0) is 31.2 Å². The number of fused-ring (bicyclic) bond motifs is 1. The lowest BCUT2D eigenvalue weighted by Crippen LogP contribution is -2.16. The van der Waals surface area contributed by atoms with Crippen LogP contribution in [0.1, 0.15) is 13.3 Å². The number of ether oxygens (including phenoxy) is 1. The lowest BCUT2D eigenvalue weighted by atomic mass is 10.2. The minimum atomic E-state index is -0.865. The summed E-state index contributed by atoms with van der Waals surface area (Å²) >= 11 is 0. The van der Waals surface area contributed by atoms with Crippen molar-refractivity contribution < 1.29 is 14.6 Å². The van der Waals surface area contributed by atoms with Crippen molar-refractivity contribution >= 4 is 16.9 Å². The van der Waals surface area contributed by atoms with E-state index in [-0.39, 0.29) is 12.5 Å². The van der Waals surface area contributed by atoms with Crippen molar-refractivity contribution in [3.05, 3.63) is 36.5 Å². The van der Waals surface area contributed by atoms with Crippen LogP contribution in [-0.4, -0.2) is 22.2 Å². The van der Waals surface area contributed by atoms with Crippen LogP contribution in [0.5, 0.6) is 5.75 Å². The van der Waals surface area contributed by atoms with Gasteiger partial charge >= 0.3 is 5.97 Å². The van der Waals surface area contributed by atoms with E-state index in [4.69, 9.17) is 9.84 Å². The zero-order chi connectivity index (χ0) is 12.3. The Labute approximate surface area is 98.9 Å². The molecule has 0 radical (unpaired) electrons. The number of aromatic nitrogens is 1. The Morgan fingerprint density at radius 2 is 2.24 bits per heavy atom. The van der Waals surface area contributed by atoms with Crippen molar-refractivity contribution in [1.82, 2.24) is 4.98 Å². The summed E-state index contributed by atoms with van der Waals surface area (Å²) in [5.74, 6) is -0.194. The van der Waals surface area contributed by atoms with E-state index in [2.05, 4.69) is 4.98 Å². The van der Waals surface area contributed by atoms with Crippen LogP contribution in [0, 0.1) is 0 Å². The van der Waals surface area contributed by atoms with Crippen molar-refractivity contribution in [1.29, 1.82) is 0 Å². The highest BCUT2D eigenvalue weighted by molar-refractivity contribution is 5.84. The van der Waals surface area contributed by atoms with Gasteiger partial charge in [0, 0.05) is 11.6 Å². The Kier molecular flexibility index (Phi) is 3.23. The van der Waals surface area contributed by atoms with Crippen molar-refractivity contribution in [3.8, 4) is 5.75 Å². The van der Waals surface area contributed by atoms with E-state index in [0.29, 0.717) is 5.75 Å². The average Bonchev–Trinajstić information content (AvgIpc) is 2.28. The number of pyridine rings is 1. The largest absolute Gasteiger partial charge is 0.489 e. The van der Waals surface area contributed by atoms with E-state index in [9.17, 15) is 4.79 Å². The number of hydrogen-bond donors (Lipinski definition) is 1. The molecule has 0 aliphatic carbocycles. The lowest BCUT2D eigenvalue weighted by molar-refractivity contribution is -0.138. The Bertz CT molecular complexity index is 534. The molecule has 1 aromatic heterocycles. The van der Waals surface area contributed by atoms with Crippen LogP contribution in [-0.2, 0) is 4.79 Å². The smallest absolute Gasteiger partial charge is 0.307 e. The molecule has 1 heterocycles. The Morgan fingerprint density at radius 3 is 3.00 bits per heavy atom. The molecular weight excluding hydrogens is 218 g/mol. The fourth-order valence-corrected chi connectivity index (χ4v) is 1.68. The van der Waals surface area contributed by atoms with E-state index >= 15 is 0 Å². The Balaban J connectivity index is 2.26. The molecule has 0 bridgehead atoms. The first-order chi connectivity index (χ1) is 8.16. The van der Waals surface area contributed by atoms with Crippen LogP contribution < -0.4 is 4.74 Å². The van der Waals surface area contributed by atoms with Crippen molar-refractivity contribution in [2.45, 2.75) is 19.4 Å². The third-order valence-corrected chi connectivity index (χ3v) is 2.40. The zero-order valence-electron chi connectivity index (χ0n) is 9.46. The third-order valence-electron chi connectivity index (χ3n) is 2.40. The standard InChI is InChI=1S/C13H13NO3/c1-9(8-13(15)16)17-12-6-2-5-11-10(12)4-3-7-14-11/h2-7,9H,8H2,1H3,(H,15,16)/t9-/m0/s1. The SMILES string of the molecule is C[C@@H](CC(=O)O)Oc1cccc2ncccc12. The van der Waals surface area contributed by atoms with Gasteiger partial charge in [-0.15, -0.1) is 0 Å². The maximum atomic E-state index is 10.6. The molecule has 0 spiro atoms. The normalized spacial score (nSPS) is 12.3. The molecule has 0 aliphatic heterocycles. The van der Waals surface area contributed by atoms with Gasteiger partial charge in [-0.1, -0.05) is 6.07 Å². The molecule has 4 heteroatoms. The summed E-state index contributed by atoms with van der Waals surface area (Å²) in [7, 11) is 0. The quantitative estimate of drug-likeness (QED) is 0.878. The lowest BCUT2D eigenvalue weighted by Gasteiger charge is -2.14. The molecule has 0 fully saturated rings. The predicted molar refractivity (Wildman–Crippen MR) is 64.1 cm³/mol. The van der Waals surface area contributed by atoms with Crippen LogP contribution in [0.3, 0.4) is 0 Å². The van der Waals surface area contributed by atoms with Gasteiger partial charge in [-0.3, -0.25) is 9.78 Å². The number of rotatable bonds is 4. The number of carboxylic acids is 1. The molecule has 0 unspecified atom stereocenters. The summed E-state index contributed by atoms with van der Waals surface area (Å²) < 4.78 is 5.62. The molecule has 4 nitrogen and oxygen atoms in total. The van der Waals surface area contributed by atoms with Crippen molar-refractivity contribution in [3.63, 3.8) is 0 Å². The fraction of sp³-hybridized carbons (Fsp3) is 0.231. The van der Waals surface area contributed by atoms with E-state index in [1.807, 2.05) is 30.3 Å². The fourth-order valence-electron chi connectivity index (χ4n) is 1.68. The van der Waals surface area contributed by atoms with Gasteiger partial charge in [0.05, 0.1) is 11.9 Å². The first-order valence-corrected chi connectivity index (χ1v) is 5.39. The summed E-state index contributed by atoms with van der Waals surface area (Å²) in [4.78, 5) is 14.8. The van der Waals surface area contributed by atoms with Crippen molar-refractivity contribution in [2.75, 3.05) is 0 Å². The Morgan fingerprint density at radius 1 is 1.41 bits per heavy atom. The highest BCUT2D eigenvalue weighted by Crippen LogP contribution is 2.24. The first kappa shape index (κ1) is 11.4. The molecule has 88 valence electrons.